The van der Waals surface area contributed by atoms with E-state index in [2.05, 4.69) is 9.97 Å². The Balaban J connectivity index is 2.16. The molecule has 0 radical (unpaired) electrons. The van der Waals surface area contributed by atoms with Crippen LogP contribution in [0, 0.1) is 0 Å². The molecule has 0 aliphatic heterocycles. The van der Waals surface area contributed by atoms with Crippen LogP contribution in [0.4, 0.5) is 11.5 Å². The quantitative estimate of drug-likeness (QED) is 0.886. The Labute approximate surface area is 106 Å². The van der Waals surface area contributed by atoms with Gasteiger partial charge in [0.15, 0.2) is 5.82 Å². The van der Waals surface area contributed by atoms with Crippen LogP contribution in [0.1, 0.15) is 5.56 Å². The molecule has 1 heterocycles. The standard InChI is InChI=1S/C13H16N4O/c1-17(13-12(14)7-15-9-16-13)8-10-4-3-5-11(6-10)18-2/h3-7,9H,8,14H2,1-2H3. The third kappa shape index (κ3) is 2.68. The highest BCUT2D eigenvalue weighted by Gasteiger charge is 2.07. The summed E-state index contributed by atoms with van der Waals surface area (Å²) in [5, 5.41) is 0. The predicted octanol–water partition coefficient (Wildman–Crippen LogP) is 1.70. The molecule has 0 fully saturated rings. The molecule has 2 rings (SSSR count). The van der Waals surface area contributed by atoms with E-state index in [1.54, 1.807) is 13.3 Å². The zero-order chi connectivity index (χ0) is 13.0. The number of nitrogen functional groups attached to an aromatic ring is 1. The lowest BCUT2D eigenvalue weighted by molar-refractivity contribution is 0.414. The van der Waals surface area contributed by atoms with Gasteiger partial charge in [0.2, 0.25) is 0 Å². The number of aromatic nitrogens is 2. The average molecular weight is 244 g/mol. The lowest BCUT2D eigenvalue weighted by atomic mass is 10.2. The number of methoxy groups -OCH3 is 1. The molecule has 0 amide bonds. The maximum Gasteiger partial charge on any atom is 0.155 e. The lowest BCUT2D eigenvalue weighted by Gasteiger charge is -2.19. The molecule has 2 N–H and O–H groups in total. The van der Waals surface area contributed by atoms with Gasteiger partial charge in [-0.2, -0.15) is 0 Å². The van der Waals surface area contributed by atoms with E-state index in [0.29, 0.717) is 12.2 Å². The number of benzene rings is 1. The van der Waals surface area contributed by atoms with E-state index in [9.17, 15) is 0 Å². The minimum Gasteiger partial charge on any atom is -0.497 e. The topological polar surface area (TPSA) is 64.3 Å². The normalized spacial score (nSPS) is 10.1. The van der Waals surface area contributed by atoms with Gasteiger partial charge in [0.05, 0.1) is 19.0 Å². The fourth-order valence-electron chi connectivity index (χ4n) is 1.77. The zero-order valence-electron chi connectivity index (χ0n) is 10.5. The SMILES string of the molecule is COc1cccc(CN(C)c2ncncc2N)c1. The first-order valence-electron chi connectivity index (χ1n) is 5.60. The van der Waals surface area contributed by atoms with Crippen molar-refractivity contribution < 1.29 is 4.74 Å². The van der Waals surface area contributed by atoms with Crippen LogP contribution < -0.4 is 15.4 Å². The molecule has 0 saturated carbocycles. The van der Waals surface area contributed by atoms with Crippen molar-refractivity contribution in [3.05, 3.63) is 42.4 Å². The van der Waals surface area contributed by atoms with E-state index in [0.717, 1.165) is 17.1 Å². The first kappa shape index (κ1) is 12.2. The summed E-state index contributed by atoms with van der Waals surface area (Å²) in [6.07, 6.45) is 3.10. The minimum absolute atomic E-state index is 0.572. The maximum atomic E-state index is 5.84. The van der Waals surface area contributed by atoms with Crippen molar-refractivity contribution in [1.82, 2.24) is 9.97 Å². The Bertz CT molecular complexity index is 530. The van der Waals surface area contributed by atoms with E-state index in [1.807, 2.05) is 36.2 Å². The number of nitrogens with two attached hydrogens (primary N) is 1. The van der Waals surface area contributed by atoms with Crippen molar-refractivity contribution in [1.29, 1.82) is 0 Å². The Morgan fingerprint density at radius 2 is 2.22 bits per heavy atom. The highest BCUT2D eigenvalue weighted by Crippen LogP contribution is 2.20. The van der Waals surface area contributed by atoms with Crippen LogP contribution in [0.15, 0.2) is 36.8 Å². The first-order chi connectivity index (χ1) is 8.70. The van der Waals surface area contributed by atoms with E-state index in [-0.39, 0.29) is 0 Å². The Morgan fingerprint density at radius 3 is 2.94 bits per heavy atom. The maximum absolute atomic E-state index is 5.84. The highest BCUT2D eigenvalue weighted by molar-refractivity contribution is 5.60. The van der Waals surface area contributed by atoms with Crippen LogP contribution in [0.3, 0.4) is 0 Å². The summed E-state index contributed by atoms with van der Waals surface area (Å²) in [5.41, 5.74) is 7.55. The van der Waals surface area contributed by atoms with Crippen LogP contribution >= 0.6 is 0 Å². The van der Waals surface area contributed by atoms with Gasteiger partial charge in [-0.05, 0) is 17.7 Å². The number of hydrogen-bond donors (Lipinski definition) is 1. The van der Waals surface area contributed by atoms with Crippen molar-refractivity contribution in [3.8, 4) is 5.75 Å². The third-order valence-electron chi connectivity index (χ3n) is 2.63. The van der Waals surface area contributed by atoms with Crippen molar-refractivity contribution in [2.24, 2.45) is 0 Å². The van der Waals surface area contributed by atoms with Crippen molar-refractivity contribution in [3.63, 3.8) is 0 Å². The molecular formula is C13H16N4O. The van der Waals surface area contributed by atoms with Gasteiger partial charge in [-0.1, -0.05) is 12.1 Å². The third-order valence-corrected chi connectivity index (χ3v) is 2.63. The second kappa shape index (κ2) is 5.35. The molecular weight excluding hydrogens is 228 g/mol. The van der Waals surface area contributed by atoms with Gasteiger partial charge in [0.1, 0.15) is 12.1 Å². The van der Waals surface area contributed by atoms with Crippen LogP contribution in [0.25, 0.3) is 0 Å². The van der Waals surface area contributed by atoms with Crippen LogP contribution in [0.2, 0.25) is 0 Å². The number of rotatable bonds is 4. The second-order valence-corrected chi connectivity index (χ2v) is 4.01. The summed E-state index contributed by atoms with van der Waals surface area (Å²) >= 11 is 0. The second-order valence-electron chi connectivity index (χ2n) is 4.01. The van der Waals surface area contributed by atoms with Crippen LogP contribution in [-0.4, -0.2) is 24.1 Å². The fourth-order valence-corrected chi connectivity index (χ4v) is 1.77. The molecule has 0 saturated heterocycles. The summed E-state index contributed by atoms with van der Waals surface area (Å²) in [7, 11) is 3.60. The van der Waals surface area contributed by atoms with Gasteiger partial charge < -0.3 is 15.4 Å². The number of nitrogens with zero attached hydrogens (tertiary/aromatic N) is 3. The highest BCUT2D eigenvalue weighted by atomic mass is 16.5. The molecule has 94 valence electrons. The Hall–Kier alpha value is -2.30. The van der Waals surface area contributed by atoms with Crippen LogP contribution in [-0.2, 0) is 6.54 Å². The van der Waals surface area contributed by atoms with Gasteiger partial charge in [-0.25, -0.2) is 9.97 Å². The minimum atomic E-state index is 0.572. The Kier molecular flexibility index (Phi) is 3.62. The fraction of sp³-hybridized carbons (Fsp3) is 0.231. The van der Waals surface area contributed by atoms with Gasteiger partial charge >= 0.3 is 0 Å². The summed E-state index contributed by atoms with van der Waals surface area (Å²) in [6, 6.07) is 7.91. The molecule has 0 unspecified atom stereocenters. The van der Waals surface area contributed by atoms with Crippen molar-refractivity contribution in [2.75, 3.05) is 24.8 Å². The van der Waals surface area contributed by atoms with E-state index in [4.69, 9.17) is 10.5 Å². The monoisotopic (exact) mass is 244 g/mol. The zero-order valence-corrected chi connectivity index (χ0v) is 10.5. The van der Waals surface area contributed by atoms with E-state index < -0.39 is 0 Å². The van der Waals surface area contributed by atoms with Gasteiger partial charge in [-0.15, -0.1) is 0 Å². The molecule has 1 aromatic heterocycles. The summed E-state index contributed by atoms with van der Waals surface area (Å²) in [4.78, 5) is 10.0. The molecule has 1 aromatic carbocycles. The molecule has 0 aliphatic rings. The average Bonchev–Trinajstić information content (AvgIpc) is 2.39. The van der Waals surface area contributed by atoms with E-state index >= 15 is 0 Å². The number of hydrogen-bond acceptors (Lipinski definition) is 5. The lowest BCUT2D eigenvalue weighted by Crippen LogP contribution is -2.19. The Morgan fingerprint density at radius 1 is 1.39 bits per heavy atom. The van der Waals surface area contributed by atoms with Crippen molar-refractivity contribution in [2.45, 2.75) is 6.54 Å². The number of anilines is 2. The molecule has 0 spiro atoms. The molecule has 0 bridgehead atoms. The van der Waals surface area contributed by atoms with Crippen molar-refractivity contribution >= 4 is 11.5 Å². The molecule has 18 heavy (non-hydrogen) atoms. The molecule has 5 heteroatoms. The number of ether oxygens (including phenoxy) is 1. The molecule has 2 aromatic rings. The van der Waals surface area contributed by atoms with Crippen LogP contribution in [0.5, 0.6) is 5.75 Å². The van der Waals surface area contributed by atoms with E-state index in [1.165, 1.54) is 6.33 Å². The summed E-state index contributed by atoms with van der Waals surface area (Å²) in [5.74, 6) is 1.57. The summed E-state index contributed by atoms with van der Waals surface area (Å²) < 4.78 is 5.20. The summed E-state index contributed by atoms with van der Waals surface area (Å²) in [6.45, 7) is 0.707. The molecule has 0 atom stereocenters. The molecule has 0 aliphatic carbocycles. The molecule has 5 nitrogen and oxygen atoms in total. The largest absolute Gasteiger partial charge is 0.497 e. The predicted molar refractivity (Wildman–Crippen MR) is 71.5 cm³/mol. The van der Waals surface area contributed by atoms with Gasteiger partial charge in [-0.3, -0.25) is 0 Å². The van der Waals surface area contributed by atoms with Gasteiger partial charge in [0, 0.05) is 13.6 Å². The first-order valence-corrected chi connectivity index (χ1v) is 5.60. The smallest absolute Gasteiger partial charge is 0.155 e. The van der Waals surface area contributed by atoms with Gasteiger partial charge in [0.25, 0.3) is 0 Å².